The van der Waals surface area contributed by atoms with Gasteiger partial charge in [-0.25, -0.2) is 4.79 Å². The van der Waals surface area contributed by atoms with Crippen LogP contribution in [-0.2, 0) is 6.42 Å². The molecular formula is C15H14O5. The zero-order chi connectivity index (χ0) is 14.7. The van der Waals surface area contributed by atoms with Gasteiger partial charge >= 0.3 is 5.97 Å². The van der Waals surface area contributed by atoms with Gasteiger partial charge in [0.1, 0.15) is 17.1 Å². The number of hydrogen-bond donors (Lipinski definition) is 1. The number of hydrogen-bond acceptors (Lipinski definition) is 4. The number of ether oxygens (including phenoxy) is 1. The quantitative estimate of drug-likeness (QED) is 0.848. The van der Waals surface area contributed by atoms with E-state index in [0.29, 0.717) is 35.1 Å². The minimum absolute atomic E-state index is 0.134. The lowest BCUT2D eigenvalue weighted by Crippen LogP contribution is -2.01. The maximum Gasteiger partial charge on any atom is 0.339 e. The van der Waals surface area contributed by atoms with Crippen molar-refractivity contribution in [3.63, 3.8) is 0 Å². The van der Waals surface area contributed by atoms with Crippen molar-refractivity contribution in [2.75, 3.05) is 7.11 Å². The average Bonchev–Trinajstić information content (AvgIpc) is 2.90. The summed E-state index contributed by atoms with van der Waals surface area (Å²) in [6.45, 7) is 1.85. The number of benzene rings is 1. The molecule has 20 heavy (non-hydrogen) atoms. The number of carboxylic acids is 1. The molecule has 2 aromatic rings. The number of methoxy groups -OCH3 is 1. The van der Waals surface area contributed by atoms with Crippen LogP contribution in [0.25, 0.3) is 11.3 Å². The van der Waals surface area contributed by atoms with Gasteiger partial charge < -0.3 is 14.3 Å². The van der Waals surface area contributed by atoms with Gasteiger partial charge in [0, 0.05) is 11.1 Å². The number of aldehydes is 1. The maximum absolute atomic E-state index is 11.4. The summed E-state index contributed by atoms with van der Waals surface area (Å²) < 4.78 is 10.4. The third kappa shape index (κ3) is 2.30. The second kappa shape index (κ2) is 5.61. The third-order valence-electron chi connectivity index (χ3n) is 3.08. The molecule has 0 atom stereocenters. The fourth-order valence-electron chi connectivity index (χ4n) is 2.07. The van der Waals surface area contributed by atoms with Gasteiger partial charge in [-0.05, 0) is 24.6 Å². The first-order valence-corrected chi connectivity index (χ1v) is 6.09. The molecule has 1 aromatic heterocycles. The van der Waals surface area contributed by atoms with Gasteiger partial charge in [0.15, 0.2) is 6.29 Å². The summed E-state index contributed by atoms with van der Waals surface area (Å²) >= 11 is 0. The molecule has 5 nitrogen and oxygen atoms in total. The number of carboxylic acid groups (broad SMARTS) is 1. The Morgan fingerprint density at radius 2 is 2.20 bits per heavy atom. The van der Waals surface area contributed by atoms with E-state index in [1.165, 1.54) is 13.4 Å². The largest absolute Gasteiger partial charge is 0.496 e. The minimum atomic E-state index is -1.05. The summed E-state index contributed by atoms with van der Waals surface area (Å²) in [6, 6.07) is 4.83. The zero-order valence-corrected chi connectivity index (χ0v) is 11.2. The smallest absolute Gasteiger partial charge is 0.339 e. The van der Waals surface area contributed by atoms with E-state index < -0.39 is 5.97 Å². The highest BCUT2D eigenvalue weighted by atomic mass is 16.5. The van der Waals surface area contributed by atoms with Crippen LogP contribution in [-0.4, -0.2) is 24.5 Å². The average molecular weight is 274 g/mol. The molecule has 1 aromatic carbocycles. The summed E-state index contributed by atoms with van der Waals surface area (Å²) in [7, 11) is 1.47. The van der Waals surface area contributed by atoms with Crippen LogP contribution in [0.5, 0.6) is 5.75 Å². The Kier molecular flexibility index (Phi) is 3.89. The number of carbonyl (C=O) groups is 2. The van der Waals surface area contributed by atoms with Crippen LogP contribution in [0.3, 0.4) is 0 Å². The Morgan fingerprint density at radius 1 is 1.45 bits per heavy atom. The van der Waals surface area contributed by atoms with Crippen molar-refractivity contribution >= 4 is 12.3 Å². The van der Waals surface area contributed by atoms with E-state index in [1.807, 2.05) is 6.92 Å². The van der Waals surface area contributed by atoms with E-state index in [0.717, 1.165) is 0 Å². The molecule has 0 bridgehead atoms. The summed E-state index contributed by atoms with van der Waals surface area (Å²) in [6.07, 6.45) is 2.65. The predicted molar refractivity (Wildman–Crippen MR) is 72.4 cm³/mol. The summed E-state index contributed by atoms with van der Waals surface area (Å²) in [5.41, 5.74) is 1.63. The zero-order valence-electron chi connectivity index (χ0n) is 11.2. The van der Waals surface area contributed by atoms with E-state index in [1.54, 1.807) is 18.2 Å². The Labute approximate surface area is 115 Å². The second-order valence-electron chi connectivity index (χ2n) is 4.20. The summed E-state index contributed by atoms with van der Waals surface area (Å²) in [4.78, 5) is 22.4. The Balaban J connectivity index is 2.60. The first-order valence-electron chi connectivity index (χ1n) is 6.09. The van der Waals surface area contributed by atoms with Crippen LogP contribution in [0.4, 0.5) is 0 Å². The van der Waals surface area contributed by atoms with Gasteiger partial charge in [0.05, 0.1) is 18.9 Å². The molecule has 0 fully saturated rings. The molecule has 0 aliphatic carbocycles. The summed E-state index contributed by atoms with van der Waals surface area (Å²) in [5.74, 6) is -0.364. The molecular weight excluding hydrogens is 260 g/mol. The number of aromatic carboxylic acids is 1. The number of furan rings is 1. The highest BCUT2D eigenvalue weighted by molar-refractivity contribution is 5.96. The molecule has 2 rings (SSSR count). The molecule has 0 saturated carbocycles. The first kappa shape index (κ1) is 13.9. The van der Waals surface area contributed by atoms with Crippen molar-refractivity contribution in [3.05, 3.63) is 41.2 Å². The van der Waals surface area contributed by atoms with E-state index in [-0.39, 0.29) is 11.3 Å². The molecule has 0 unspecified atom stereocenters. The fraction of sp³-hybridized carbons (Fsp3) is 0.200. The topological polar surface area (TPSA) is 76.7 Å². The van der Waals surface area contributed by atoms with Crippen LogP contribution in [0.2, 0.25) is 0 Å². The van der Waals surface area contributed by atoms with E-state index in [2.05, 4.69) is 0 Å². The van der Waals surface area contributed by atoms with Gasteiger partial charge in [0.25, 0.3) is 0 Å². The van der Waals surface area contributed by atoms with Gasteiger partial charge in [-0.2, -0.15) is 0 Å². The van der Waals surface area contributed by atoms with Crippen LogP contribution in [0.15, 0.2) is 28.9 Å². The van der Waals surface area contributed by atoms with Gasteiger partial charge in [0.2, 0.25) is 0 Å². The first-order chi connectivity index (χ1) is 9.62. The molecule has 0 radical (unpaired) electrons. The molecule has 5 heteroatoms. The number of rotatable bonds is 5. The second-order valence-corrected chi connectivity index (χ2v) is 4.20. The molecule has 1 heterocycles. The standard InChI is InChI=1S/C15H14O5/c1-3-9-8-20-14(13(9)15(17)18)10-4-5-12(19-2)11(6-10)7-16/h4-8H,3H2,1-2H3,(H,17,18). The third-order valence-corrected chi connectivity index (χ3v) is 3.08. The maximum atomic E-state index is 11.4. The number of aryl methyl sites for hydroxylation is 1. The van der Waals surface area contributed by atoms with Crippen LogP contribution >= 0.6 is 0 Å². The predicted octanol–water partition coefficient (Wildman–Crippen LogP) is 3.03. The minimum Gasteiger partial charge on any atom is -0.496 e. The normalized spacial score (nSPS) is 10.3. The van der Waals surface area contributed by atoms with Crippen LogP contribution < -0.4 is 4.74 Å². The molecule has 0 aliphatic rings. The lowest BCUT2D eigenvalue weighted by Gasteiger charge is -2.06. The monoisotopic (exact) mass is 274 g/mol. The van der Waals surface area contributed by atoms with Crippen molar-refractivity contribution in [2.24, 2.45) is 0 Å². The lowest BCUT2D eigenvalue weighted by molar-refractivity contribution is 0.0696. The highest BCUT2D eigenvalue weighted by Crippen LogP contribution is 2.31. The Bertz CT molecular complexity index is 654. The van der Waals surface area contributed by atoms with Crippen LogP contribution in [0.1, 0.15) is 33.2 Å². The van der Waals surface area contributed by atoms with Crippen molar-refractivity contribution in [1.82, 2.24) is 0 Å². The SMILES string of the molecule is CCc1coc(-c2ccc(OC)c(C=O)c2)c1C(=O)O. The fourth-order valence-corrected chi connectivity index (χ4v) is 2.07. The molecule has 0 amide bonds. The molecule has 0 saturated heterocycles. The van der Waals surface area contributed by atoms with E-state index in [9.17, 15) is 14.7 Å². The van der Waals surface area contributed by atoms with Crippen molar-refractivity contribution < 1.29 is 23.8 Å². The van der Waals surface area contributed by atoms with Crippen LogP contribution in [0, 0.1) is 0 Å². The van der Waals surface area contributed by atoms with E-state index in [4.69, 9.17) is 9.15 Å². The Morgan fingerprint density at radius 3 is 2.75 bits per heavy atom. The molecule has 104 valence electrons. The molecule has 0 spiro atoms. The summed E-state index contributed by atoms with van der Waals surface area (Å²) in [5, 5.41) is 9.30. The van der Waals surface area contributed by atoms with Crippen molar-refractivity contribution in [1.29, 1.82) is 0 Å². The molecule has 0 aliphatic heterocycles. The Hall–Kier alpha value is -2.56. The highest BCUT2D eigenvalue weighted by Gasteiger charge is 2.21. The van der Waals surface area contributed by atoms with Crippen molar-refractivity contribution in [3.8, 4) is 17.1 Å². The van der Waals surface area contributed by atoms with E-state index >= 15 is 0 Å². The van der Waals surface area contributed by atoms with Gasteiger partial charge in [-0.1, -0.05) is 6.92 Å². The number of carbonyl (C=O) groups excluding carboxylic acids is 1. The lowest BCUT2D eigenvalue weighted by atomic mass is 10.0. The van der Waals surface area contributed by atoms with Crippen molar-refractivity contribution in [2.45, 2.75) is 13.3 Å². The van der Waals surface area contributed by atoms with Gasteiger partial charge in [-0.15, -0.1) is 0 Å². The van der Waals surface area contributed by atoms with Gasteiger partial charge in [-0.3, -0.25) is 4.79 Å². The molecule has 1 N–H and O–H groups in total.